The zero-order valence-electron chi connectivity index (χ0n) is 10.4. The molecule has 0 amide bonds. The molecule has 0 aromatic heterocycles. The van der Waals surface area contributed by atoms with Crippen molar-refractivity contribution in [3.63, 3.8) is 0 Å². The van der Waals surface area contributed by atoms with Crippen LogP contribution in [0.5, 0.6) is 0 Å². The molecule has 0 saturated carbocycles. The molecule has 1 saturated heterocycles. The van der Waals surface area contributed by atoms with E-state index in [-0.39, 0.29) is 6.10 Å². The van der Waals surface area contributed by atoms with Crippen LogP contribution in [0.3, 0.4) is 0 Å². The number of hydrogen-bond acceptors (Lipinski definition) is 3. The Kier molecular flexibility index (Phi) is 3.82. The Morgan fingerprint density at radius 2 is 2.06 bits per heavy atom. The summed E-state index contributed by atoms with van der Waals surface area (Å²) in [6, 6.07) is 9.72. The molecule has 17 heavy (non-hydrogen) atoms. The number of aliphatic hydroxyl groups is 1. The molecule has 2 atom stereocenters. The summed E-state index contributed by atoms with van der Waals surface area (Å²) in [5, 5.41) is 10.0. The van der Waals surface area contributed by atoms with Crippen LogP contribution >= 0.6 is 0 Å². The van der Waals surface area contributed by atoms with E-state index in [9.17, 15) is 5.11 Å². The number of aliphatic hydroxyl groups excluding tert-OH is 1. The Morgan fingerprint density at radius 3 is 2.65 bits per heavy atom. The van der Waals surface area contributed by atoms with E-state index in [2.05, 4.69) is 0 Å². The minimum Gasteiger partial charge on any atom is -0.388 e. The highest BCUT2D eigenvalue weighted by molar-refractivity contribution is 5.17. The summed E-state index contributed by atoms with van der Waals surface area (Å²) in [7, 11) is 0. The van der Waals surface area contributed by atoms with E-state index in [0.717, 1.165) is 12.0 Å². The van der Waals surface area contributed by atoms with Crippen LogP contribution in [0, 0.1) is 0 Å². The van der Waals surface area contributed by atoms with Gasteiger partial charge in [-0.25, -0.2) is 0 Å². The fourth-order valence-corrected chi connectivity index (χ4v) is 2.09. The predicted octanol–water partition coefficient (Wildman–Crippen LogP) is 2.65. The van der Waals surface area contributed by atoms with Gasteiger partial charge in [0, 0.05) is 0 Å². The SMILES string of the molecule is CC1(C)OCC(CCC(O)c2ccccc2)O1. The minimum absolute atomic E-state index is 0.100. The highest BCUT2D eigenvalue weighted by atomic mass is 16.7. The second-order valence-corrected chi connectivity index (χ2v) is 4.95. The Morgan fingerprint density at radius 1 is 1.35 bits per heavy atom. The lowest BCUT2D eigenvalue weighted by Gasteiger charge is -2.18. The molecule has 0 spiro atoms. The molecule has 0 radical (unpaired) electrons. The Hall–Kier alpha value is -0.900. The van der Waals surface area contributed by atoms with Gasteiger partial charge in [0.1, 0.15) is 0 Å². The number of ether oxygens (including phenoxy) is 2. The first kappa shape index (κ1) is 12.6. The van der Waals surface area contributed by atoms with Crippen molar-refractivity contribution < 1.29 is 14.6 Å². The second kappa shape index (κ2) is 5.17. The van der Waals surface area contributed by atoms with E-state index in [0.29, 0.717) is 13.0 Å². The highest BCUT2D eigenvalue weighted by Gasteiger charge is 2.32. The van der Waals surface area contributed by atoms with Crippen molar-refractivity contribution in [2.24, 2.45) is 0 Å². The number of rotatable bonds is 4. The third-order valence-electron chi connectivity index (χ3n) is 3.01. The first-order valence-electron chi connectivity index (χ1n) is 6.11. The molecular weight excluding hydrogens is 216 g/mol. The zero-order chi connectivity index (χ0) is 12.3. The molecule has 2 unspecified atom stereocenters. The van der Waals surface area contributed by atoms with Gasteiger partial charge in [-0.15, -0.1) is 0 Å². The average molecular weight is 236 g/mol. The van der Waals surface area contributed by atoms with Crippen molar-refractivity contribution >= 4 is 0 Å². The van der Waals surface area contributed by atoms with Gasteiger partial charge in [0.25, 0.3) is 0 Å². The lowest BCUT2D eigenvalue weighted by atomic mass is 10.0. The van der Waals surface area contributed by atoms with Gasteiger partial charge < -0.3 is 14.6 Å². The van der Waals surface area contributed by atoms with E-state index >= 15 is 0 Å². The van der Waals surface area contributed by atoms with Crippen molar-refractivity contribution in [1.29, 1.82) is 0 Å². The predicted molar refractivity (Wildman–Crippen MR) is 65.5 cm³/mol. The van der Waals surface area contributed by atoms with Crippen molar-refractivity contribution in [3.05, 3.63) is 35.9 Å². The van der Waals surface area contributed by atoms with Crippen molar-refractivity contribution in [2.75, 3.05) is 6.61 Å². The topological polar surface area (TPSA) is 38.7 Å². The second-order valence-electron chi connectivity index (χ2n) is 4.95. The molecule has 94 valence electrons. The van der Waals surface area contributed by atoms with Gasteiger partial charge in [-0.2, -0.15) is 0 Å². The first-order valence-corrected chi connectivity index (χ1v) is 6.11. The van der Waals surface area contributed by atoms with E-state index in [1.165, 1.54) is 0 Å². The molecule has 2 rings (SSSR count). The van der Waals surface area contributed by atoms with E-state index < -0.39 is 11.9 Å². The standard InChI is InChI=1S/C14H20O3/c1-14(2)16-10-12(17-14)8-9-13(15)11-6-4-3-5-7-11/h3-7,12-13,15H,8-10H2,1-2H3. The third kappa shape index (κ3) is 3.53. The first-order chi connectivity index (χ1) is 8.07. The summed E-state index contributed by atoms with van der Waals surface area (Å²) < 4.78 is 11.2. The largest absolute Gasteiger partial charge is 0.388 e. The van der Waals surface area contributed by atoms with Gasteiger partial charge in [0.05, 0.1) is 18.8 Å². The summed E-state index contributed by atoms with van der Waals surface area (Å²) >= 11 is 0. The highest BCUT2D eigenvalue weighted by Crippen LogP contribution is 2.27. The zero-order valence-corrected chi connectivity index (χ0v) is 10.4. The van der Waals surface area contributed by atoms with Crippen molar-refractivity contribution in [3.8, 4) is 0 Å². The van der Waals surface area contributed by atoms with Gasteiger partial charge >= 0.3 is 0 Å². The molecule has 3 nitrogen and oxygen atoms in total. The van der Waals surface area contributed by atoms with Gasteiger partial charge in [0.15, 0.2) is 5.79 Å². The van der Waals surface area contributed by atoms with E-state index in [4.69, 9.17) is 9.47 Å². The monoisotopic (exact) mass is 236 g/mol. The van der Waals surface area contributed by atoms with Crippen LogP contribution in [0.25, 0.3) is 0 Å². The minimum atomic E-state index is -0.470. The normalized spacial score (nSPS) is 24.8. The Bertz CT molecular complexity index is 348. The lowest BCUT2D eigenvalue weighted by Crippen LogP contribution is -2.21. The summed E-state index contributed by atoms with van der Waals surface area (Å²) in [5.74, 6) is -0.470. The quantitative estimate of drug-likeness (QED) is 0.873. The van der Waals surface area contributed by atoms with Gasteiger partial charge in [0.2, 0.25) is 0 Å². The molecule has 3 heteroatoms. The summed E-state index contributed by atoms with van der Waals surface area (Å²) in [6.45, 7) is 4.45. The van der Waals surface area contributed by atoms with Crippen LogP contribution in [-0.2, 0) is 9.47 Å². The van der Waals surface area contributed by atoms with Crippen LogP contribution in [0.15, 0.2) is 30.3 Å². The van der Waals surface area contributed by atoms with Crippen LogP contribution in [-0.4, -0.2) is 23.6 Å². The number of hydrogen-bond donors (Lipinski definition) is 1. The average Bonchev–Trinajstić information content (AvgIpc) is 2.67. The maximum atomic E-state index is 10.0. The fraction of sp³-hybridized carbons (Fsp3) is 0.571. The molecular formula is C14H20O3. The van der Waals surface area contributed by atoms with E-state index in [1.807, 2.05) is 44.2 Å². The lowest BCUT2D eigenvalue weighted by molar-refractivity contribution is -0.139. The van der Waals surface area contributed by atoms with Gasteiger partial charge in [-0.05, 0) is 32.3 Å². The number of benzene rings is 1. The molecule has 1 aliphatic rings. The van der Waals surface area contributed by atoms with Crippen LogP contribution in [0.2, 0.25) is 0 Å². The fourth-order valence-electron chi connectivity index (χ4n) is 2.09. The third-order valence-corrected chi connectivity index (χ3v) is 3.01. The summed E-state index contributed by atoms with van der Waals surface area (Å²) in [4.78, 5) is 0. The molecule has 1 aliphatic heterocycles. The van der Waals surface area contributed by atoms with Crippen LogP contribution in [0.4, 0.5) is 0 Å². The van der Waals surface area contributed by atoms with Crippen molar-refractivity contribution in [1.82, 2.24) is 0 Å². The summed E-state index contributed by atoms with van der Waals surface area (Å²) in [5.41, 5.74) is 0.964. The maximum absolute atomic E-state index is 10.0. The smallest absolute Gasteiger partial charge is 0.163 e. The van der Waals surface area contributed by atoms with Crippen LogP contribution < -0.4 is 0 Å². The molecule has 1 heterocycles. The summed E-state index contributed by atoms with van der Waals surface area (Å²) in [6.07, 6.45) is 1.21. The van der Waals surface area contributed by atoms with Gasteiger partial charge in [-0.1, -0.05) is 30.3 Å². The maximum Gasteiger partial charge on any atom is 0.163 e. The molecule has 0 aliphatic carbocycles. The Balaban J connectivity index is 1.79. The van der Waals surface area contributed by atoms with E-state index in [1.54, 1.807) is 0 Å². The molecule has 1 fully saturated rings. The molecule has 0 bridgehead atoms. The molecule has 1 aromatic carbocycles. The van der Waals surface area contributed by atoms with Crippen molar-refractivity contribution in [2.45, 2.75) is 44.7 Å². The van der Waals surface area contributed by atoms with Gasteiger partial charge in [-0.3, -0.25) is 0 Å². The Labute approximate surface area is 102 Å². The molecule has 1 aromatic rings. The molecule has 1 N–H and O–H groups in total. The van der Waals surface area contributed by atoms with Crippen LogP contribution in [0.1, 0.15) is 38.4 Å².